The number of carbonyl (C=O) groups is 1. The molecule has 2 rings (SSSR count). The van der Waals surface area contributed by atoms with Gasteiger partial charge in [0.1, 0.15) is 0 Å². The van der Waals surface area contributed by atoms with Gasteiger partial charge in [0.2, 0.25) is 9.84 Å². The number of likely N-dealkylation sites (tertiary alicyclic amines) is 1. The van der Waals surface area contributed by atoms with Gasteiger partial charge < -0.3 is 10.6 Å². The zero-order valence-electron chi connectivity index (χ0n) is 13.2. The summed E-state index contributed by atoms with van der Waals surface area (Å²) in [6.07, 6.45) is 0.833. The van der Waals surface area contributed by atoms with Crippen LogP contribution in [0, 0.1) is 5.41 Å². The van der Waals surface area contributed by atoms with Gasteiger partial charge in [-0.2, -0.15) is 8.78 Å². The molecule has 5 nitrogen and oxygen atoms in total. The Morgan fingerprint density at radius 3 is 2.38 bits per heavy atom. The van der Waals surface area contributed by atoms with Gasteiger partial charge in [-0.1, -0.05) is 19.1 Å². The molecule has 1 saturated heterocycles. The van der Waals surface area contributed by atoms with Crippen LogP contribution >= 0.6 is 12.4 Å². The molecule has 1 aromatic rings. The number of hydrogen-bond donors (Lipinski definition) is 1. The van der Waals surface area contributed by atoms with Crippen LogP contribution in [0.2, 0.25) is 0 Å². The molecule has 0 saturated carbocycles. The zero-order valence-corrected chi connectivity index (χ0v) is 14.9. The maximum atomic E-state index is 12.4. The number of hydrogen-bond acceptors (Lipinski definition) is 4. The van der Waals surface area contributed by atoms with Crippen LogP contribution in [0.25, 0.3) is 0 Å². The molecular formula is C15H21ClF2N2O3S. The lowest BCUT2D eigenvalue weighted by Gasteiger charge is -2.22. The van der Waals surface area contributed by atoms with Crippen LogP contribution in [0.5, 0.6) is 0 Å². The largest absolute Gasteiger partial charge is 0.338 e. The van der Waals surface area contributed by atoms with Crippen molar-refractivity contribution in [1.29, 1.82) is 0 Å². The van der Waals surface area contributed by atoms with Crippen LogP contribution in [-0.4, -0.2) is 44.6 Å². The molecule has 2 N–H and O–H groups in total. The summed E-state index contributed by atoms with van der Waals surface area (Å²) in [4.78, 5) is 14.1. The second kappa shape index (κ2) is 7.76. The van der Waals surface area contributed by atoms with Gasteiger partial charge in [0.15, 0.2) is 0 Å². The predicted molar refractivity (Wildman–Crippen MR) is 90.0 cm³/mol. The lowest BCUT2D eigenvalue weighted by atomic mass is 9.90. The Morgan fingerprint density at radius 1 is 1.33 bits per heavy atom. The molecular weight excluding hydrogens is 362 g/mol. The minimum atomic E-state index is -4.46. The molecule has 0 bridgehead atoms. The summed E-state index contributed by atoms with van der Waals surface area (Å²) < 4.78 is 47.1. The molecule has 1 aliphatic heterocycles. The first-order chi connectivity index (χ1) is 10.7. The number of sulfone groups is 1. The lowest BCUT2D eigenvalue weighted by Crippen LogP contribution is -2.34. The van der Waals surface area contributed by atoms with Gasteiger partial charge >= 0.3 is 5.76 Å². The van der Waals surface area contributed by atoms with Crippen molar-refractivity contribution in [2.75, 3.05) is 19.6 Å². The van der Waals surface area contributed by atoms with Crippen LogP contribution in [0.3, 0.4) is 0 Å². The van der Waals surface area contributed by atoms with E-state index in [1.54, 1.807) is 4.90 Å². The number of alkyl halides is 2. The number of carbonyl (C=O) groups excluding carboxylic acids is 1. The van der Waals surface area contributed by atoms with Gasteiger partial charge in [-0.3, -0.25) is 4.79 Å². The maximum absolute atomic E-state index is 12.4. The van der Waals surface area contributed by atoms with Crippen LogP contribution in [0.15, 0.2) is 24.3 Å². The number of nitrogens with zero attached hydrogens (tertiary/aromatic N) is 1. The Hall–Kier alpha value is -1.25. The number of rotatable bonds is 5. The van der Waals surface area contributed by atoms with E-state index in [4.69, 9.17) is 5.73 Å². The quantitative estimate of drug-likeness (QED) is 0.845. The first-order valence-electron chi connectivity index (χ1n) is 7.25. The molecule has 1 unspecified atom stereocenters. The minimum Gasteiger partial charge on any atom is -0.338 e. The molecule has 0 aromatic heterocycles. The van der Waals surface area contributed by atoms with E-state index in [1.165, 1.54) is 24.3 Å². The molecule has 136 valence electrons. The average molecular weight is 383 g/mol. The Balaban J connectivity index is 0.00000288. The first kappa shape index (κ1) is 20.8. The summed E-state index contributed by atoms with van der Waals surface area (Å²) in [5.74, 6) is -4.30. The summed E-state index contributed by atoms with van der Waals surface area (Å²) in [5, 5.41) is 0. The standard InChI is InChI=1S/C15H20F2N2O3S.ClH/c1-15(9-18)6-7-19(10-15)13(20)12-4-2-11(3-5-12)8-23(21,22)14(16)17;/h2-5,14H,6-10,18H2,1H3;1H. The predicted octanol–water partition coefficient (Wildman–Crippen LogP) is 2.06. The molecule has 1 heterocycles. The third-order valence-corrected chi connectivity index (χ3v) is 5.46. The Kier molecular flexibility index (Phi) is 6.72. The molecule has 1 atom stereocenters. The lowest BCUT2D eigenvalue weighted by molar-refractivity contribution is 0.0777. The Morgan fingerprint density at radius 2 is 1.92 bits per heavy atom. The van der Waals surface area contributed by atoms with E-state index in [0.717, 1.165) is 6.42 Å². The molecule has 0 aliphatic carbocycles. The van der Waals surface area contributed by atoms with Crippen molar-refractivity contribution in [3.63, 3.8) is 0 Å². The van der Waals surface area contributed by atoms with E-state index in [9.17, 15) is 22.0 Å². The van der Waals surface area contributed by atoms with Gasteiger partial charge in [0.25, 0.3) is 5.91 Å². The molecule has 0 radical (unpaired) electrons. The van der Waals surface area contributed by atoms with Crippen molar-refractivity contribution in [2.24, 2.45) is 11.1 Å². The fourth-order valence-corrected chi connectivity index (χ4v) is 3.37. The average Bonchev–Trinajstić information content (AvgIpc) is 2.90. The summed E-state index contributed by atoms with van der Waals surface area (Å²) in [6.45, 7) is 3.72. The Bertz CT molecular complexity index is 682. The monoisotopic (exact) mass is 382 g/mol. The molecule has 9 heteroatoms. The van der Waals surface area contributed by atoms with Crippen molar-refractivity contribution >= 4 is 28.2 Å². The normalized spacial score (nSPS) is 21.0. The number of halogens is 3. The summed E-state index contributed by atoms with van der Waals surface area (Å²) >= 11 is 0. The van der Waals surface area contributed by atoms with Gasteiger partial charge in [0.05, 0.1) is 5.75 Å². The molecule has 1 fully saturated rings. The summed E-state index contributed by atoms with van der Waals surface area (Å²) in [7, 11) is -4.46. The fourth-order valence-electron chi connectivity index (χ4n) is 2.59. The second-order valence-corrected chi connectivity index (χ2v) is 8.23. The van der Waals surface area contributed by atoms with E-state index in [-0.39, 0.29) is 29.3 Å². The second-order valence-electron chi connectivity index (χ2n) is 6.26. The maximum Gasteiger partial charge on any atom is 0.337 e. The van der Waals surface area contributed by atoms with E-state index in [1.807, 2.05) is 6.92 Å². The van der Waals surface area contributed by atoms with Gasteiger partial charge in [0, 0.05) is 18.7 Å². The number of benzene rings is 1. The molecule has 24 heavy (non-hydrogen) atoms. The molecule has 1 amide bonds. The third kappa shape index (κ3) is 4.64. The van der Waals surface area contributed by atoms with E-state index >= 15 is 0 Å². The van der Waals surface area contributed by atoms with Crippen LogP contribution in [-0.2, 0) is 15.6 Å². The highest BCUT2D eigenvalue weighted by Crippen LogP contribution is 2.29. The van der Waals surface area contributed by atoms with Gasteiger partial charge in [-0.15, -0.1) is 12.4 Å². The van der Waals surface area contributed by atoms with Crippen molar-refractivity contribution in [2.45, 2.75) is 24.9 Å². The minimum absolute atomic E-state index is 0. The molecule has 0 spiro atoms. The van der Waals surface area contributed by atoms with Crippen LogP contribution in [0.1, 0.15) is 29.3 Å². The smallest absolute Gasteiger partial charge is 0.337 e. The van der Waals surface area contributed by atoms with E-state index in [0.29, 0.717) is 25.2 Å². The zero-order chi connectivity index (χ0) is 17.3. The highest BCUT2D eigenvalue weighted by atomic mass is 35.5. The summed E-state index contributed by atoms with van der Waals surface area (Å²) in [6, 6.07) is 5.73. The van der Waals surface area contributed by atoms with E-state index < -0.39 is 21.3 Å². The highest BCUT2D eigenvalue weighted by Gasteiger charge is 2.35. The van der Waals surface area contributed by atoms with Crippen molar-refractivity contribution in [1.82, 2.24) is 4.90 Å². The van der Waals surface area contributed by atoms with E-state index in [2.05, 4.69) is 0 Å². The number of amides is 1. The Labute approximate surface area is 146 Å². The molecule has 1 aromatic carbocycles. The van der Waals surface area contributed by atoms with Crippen molar-refractivity contribution in [3.05, 3.63) is 35.4 Å². The van der Waals surface area contributed by atoms with Gasteiger partial charge in [-0.05, 0) is 36.1 Å². The fraction of sp³-hybridized carbons (Fsp3) is 0.533. The SMILES string of the molecule is CC1(CN)CCN(C(=O)c2ccc(CS(=O)(=O)C(F)F)cc2)C1.Cl. The van der Waals surface area contributed by atoms with Crippen molar-refractivity contribution in [3.8, 4) is 0 Å². The number of nitrogens with two attached hydrogens (primary N) is 1. The topological polar surface area (TPSA) is 80.5 Å². The van der Waals surface area contributed by atoms with Crippen LogP contribution < -0.4 is 5.73 Å². The first-order valence-corrected chi connectivity index (χ1v) is 8.96. The van der Waals surface area contributed by atoms with Crippen LogP contribution in [0.4, 0.5) is 8.78 Å². The molecule has 1 aliphatic rings. The summed E-state index contributed by atoms with van der Waals surface area (Å²) in [5.41, 5.74) is 6.27. The third-order valence-electron chi connectivity index (χ3n) is 4.18. The van der Waals surface area contributed by atoms with Crippen molar-refractivity contribution < 1.29 is 22.0 Å². The van der Waals surface area contributed by atoms with Gasteiger partial charge in [-0.25, -0.2) is 8.42 Å². The highest BCUT2D eigenvalue weighted by molar-refractivity contribution is 7.90.